The van der Waals surface area contributed by atoms with Gasteiger partial charge in [0.05, 0.1) is 49.1 Å². The summed E-state index contributed by atoms with van der Waals surface area (Å²) in [7, 11) is 2.59. The van der Waals surface area contributed by atoms with Gasteiger partial charge in [0.2, 0.25) is 11.8 Å². The molecule has 1 saturated heterocycles. The summed E-state index contributed by atoms with van der Waals surface area (Å²) < 4.78 is 15.9. The fourth-order valence-corrected chi connectivity index (χ4v) is 9.35. The lowest BCUT2D eigenvalue weighted by molar-refractivity contribution is -0.135. The molecule has 5 N–H and O–H groups in total. The Morgan fingerprint density at radius 2 is 1.41 bits per heavy atom. The van der Waals surface area contributed by atoms with Gasteiger partial charge in [-0.15, -0.1) is 0 Å². The second kappa shape index (κ2) is 18.1. The molecule has 15 nitrogen and oxygen atoms in total. The SMILES string of the molecule is COC(=O)NC(C(=O)NC1(c2nc3c([nH]2)CCOc2cc(-c4ccc(-c5ccc6nc([C@@H]7CCCN7C(=O)[C@@H](NC(=O)OC)C(C)C)[nH]c6c5)cc4)ccc2-3)CCCCC1)C(C)C. The Bertz CT molecular complexity index is 2490. The summed E-state index contributed by atoms with van der Waals surface area (Å²) in [4.78, 5) is 70.7. The first kappa shape index (κ1) is 43.3. The molecule has 1 unspecified atom stereocenters. The normalized spacial score (nSPS) is 17.8. The number of aromatic nitrogens is 4. The summed E-state index contributed by atoms with van der Waals surface area (Å²) in [5.41, 5.74) is 7.83. The Hall–Kier alpha value is -6.38. The molecule has 1 aliphatic carbocycles. The average Bonchev–Trinajstić information content (AvgIpc) is 4.04. The van der Waals surface area contributed by atoms with Gasteiger partial charge in [-0.2, -0.15) is 0 Å². The van der Waals surface area contributed by atoms with Gasteiger partial charge in [-0.05, 0) is 84.0 Å². The molecule has 63 heavy (non-hydrogen) atoms. The minimum absolute atomic E-state index is 0.113. The van der Waals surface area contributed by atoms with Crippen LogP contribution in [-0.4, -0.2) is 88.3 Å². The van der Waals surface area contributed by atoms with Crippen molar-refractivity contribution in [3.05, 3.63) is 78.0 Å². The van der Waals surface area contributed by atoms with E-state index in [1.54, 1.807) is 0 Å². The molecule has 8 rings (SSSR count). The maximum Gasteiger partial charge on any atom is 0.407 e. The van der Waals surface area contributed by atoms with Crippen molar-refractivity contribution in [2.24, 2.45) is 11.8 Å². The molecule has 2 aliphatic heterocycles. The number of hydrogen-bond acceptors (Lipinski definition) is 9. The van der Waals surface area contributed by atoms with E-state index in [2.05, 4.69) is 80.5 Å². The third-order valence-corrected chi connectivity index (χ3v) is 12.9. The number of benzene rings is 3. The highest BCUT2D eigenvalue weighted by atomic mass is 16.5. The summed E-state index contributed by atoms with van der Waals surface area (Å²) in [6, 6.07) is 19.2. The number of carbonyl (C=O) groups is 4. The van der Waals surface area contributed by atoms with Crippen LogP contribution in [0.4, 0.5) is 9.59 Å². The molecule has 4 amide bonds. The lowest BCUT2D eigenvalue weighted by atomic mass is 9.80. The van der Waals surface area contributed by atoms with Crippen LogP contribution in [-0.2, 0) is 31.0 Å². The van der Waals surface area contributed by atoms with E-state index in [0.717, 1.165) is 113 Å². The van der Waals surface area contributed by atoms with Crippen molar-refractivity contribution in [3.63, 3.8) is 0 Å². The van der Waals surface area contributed by atoms with Crippen LogP contribution in [0.2, 0.25) is 0 Å². The average molecular weight is 859 g/mol. The number of methoxy groups -OCH3 is 2. The van der Waals surface area contributed by atoms with E-state index >= 15 is 0 Å². The quantitative estimate of drug-likeness (QED) is 0.0878. The summed E-state index contributed by atoms with van der Waals surface area (Å²) >= 11 is 0. The third kappa shape index (κ3) is 8.82. The smallest absolute Gasteiger partial charge is 0.407 e. The Kier molecular flexibility index (Phi) is 12.5. The zero-order valence-electron chi connectivity index (χ0n) is 36.9. The number of likely N-dealkylation sites (tertiary alicyclic amines) is 1. The molecule has 3 aromatic carbocycles. The second-order valence-corrected chi connectivity index (χ2v) is 17.7. The molecule has 3 aliphatic rings. The first-order valence-corrected chi connectivity index (χ1v) is 22.2. The topological polar surface area (TPSA) is 193 Å². The molecule has 15 heteroatoms. The van der Waals surface area contributed by atoms with Crippen molar-refractivity contribution >= 4 is 35.0 Å². The zero-order chi connectivity index (χ0) is 44.4. The van der Waals surface area contributed by atoms with Gasteiger partial charge in [-0.25, -0.2) is 19.6 Å². The molecule has 5 aromatic rings. The fourth-order valence-electron chi connectivity index (χ4n) is 9.35. The number of hydrogen-bond donors (Lipinski definition) is 5. The van der Waals surface area contributed by atoms with Crippen LogP contribution in [0.15, 0.2) is 60.7 Å². The number of rotatable bonds is 11. The molecule has 3 atom stereocenters. The molecule has 0 spiro atoms. The summed E-state index contributed by atoms with van der Waals surface area (Å²) in [5, 5.41) is 8.75. The lowest BCUT2D eigenvalue weighted by Crippen LogP contribution is -2.56. The van der Waals surface area contributed by atoms with Gasteiger partial charge in [-0.3, -0.25) is 9.59 Å². The number of amides is 4. The Morgan fingerprint density at radius 3 is 2.08 bits per heavy atom. The maximum atomic E-state index is 13.8. The highest BCUT2D eigenvalue weighted by Gasteiger charge is 2.42. The maximum absolute atomic E-state index is 13.8. The highest BCUT2D eigenvalue weighted by molar-refractivity contribution is 5.88. The molecule has 0 bridgehead atoms. The largest absolute Gasteiger partial charge is 0.492 e. The Morgan fingerprint density at radius 1 is 0.778 bits per heavy atom. The van der Waals surface area contributed by atoms with Crippen molar-refractivity contribution in [3.8, 4) is 39.3 Å². The van der Waals surface area contributed by atoms with Crippen LogP contribution in [0.25, 0.3) is 44.5 Å². The van der Waals surface area contributed by atoms with E-state index in [-0.39, 0.29) is 29.7 Å². The summed E-state index contributed by atoms with van der Waals surface area (Å²) in [5.74, 6) is 1.56. The van der Waals surface area contributed by atoms with E-state index in [1.165, 1.54) is 14.2 Å². The molecular weight excluding hydrogens is 801 g/mol. The fraction of sp³-hybridized carbons (Fsp3) is 0.458. The van der Waals surface area contributed by atoms with Crippen molar-refractivity contribution < 1.29 is 33.4 Å². The standard InChI is InChI=1S/C48H58N8O7/c1-27(2)39(53-46(59)61-5)43(57)55-48(21-8-7-9-22-48)45-51-35-20-24-63-38-26-32(16-18-33(38)41(35)52-45)30-14-12-29(13-15-30)31-17-19-34-36(25-31)50-42(49-34)37-11-10-23-56(37)44(58)40(28(3)4)54-47(60)62-6/h12-19,25-28,37,39-40H,7-11,20-24H2,1-6H3,(H,49,50)(H,51,52)(H,53,59)(H,54,60)(H,55,57)/t37-,39?,40-/m0/s1. The number of nitrogens with zero attached hydrogens (tertiary/aromatic N) is 3. The van der Waals surface area contributed by atoms with Crippen LogP contribution in [0.5, 0.6) is 5.75 Å². The second-order valence-electron chi connectivity index (χ2n) is 17.7. The number of nitrogens with one attached hydrogen (secondary N) is 5. The first-order chi connectivity index (χ1) is 30.4. The molecule has 2 aromatic heterocycles. The van der Waals surface area contributed by atoms with Crippen LogP contribution >= 0.6 is 0 Å². The van der Waals surface area contributed by atoms with Crippen molar-refractivity contribution in [1.82, 2.24) is 40.8 Å². The monoisotopic (exact) mass is 858 g/mol. The minimum atomic E-state index is -0.754. The number of alkyl carbamates (subject to hydrolysis) is 2. The molecule has 0 radical (unpaired) electrons. The van der Waals surface area contributed by atoms with Gasteiger partial charge in [0.15, 0.2) is 0 Å². The van der Waals surface area contributed by atoms with Gasteiger partial charge >= 0.3 is 12.2 Å². The molecular formula is C48H58N8O7. The van der Waals surface area contributed by atoms with Gasteiger partial charge in [0.1, 0.15) is 29.5 Å². The Balaban J connectivity index is 1.00. The lowest BCUT2D eigenvalue weighted by Gasteiger charge is -2.38. The minimum Gasteiger partial charge on any atom is -0.492 e. The Labute approximate surface area is 367 Å². The van der Waals surface area contributed by atoms with E-state index < -0.39 is 29.8 Å². The number of ether oxygens (including phenoxy) is 3. The van der Waals surface area contributed by atoms with Crippen LogP contribution < -0.4 is 20.7 Å². The first-order valence-electron chi connectivity index (χ1n) is 22.2. The molecule has 1 saturated carbocycles. The number of H-pyrrole nitrogens is 2. The summed E-state index contributed by atoms with van der Waals surface area (Å²) in [6.45, 7) is 8.67. The van der Waals surface area contributed by atoms with Gasteiger partial charge in [0.25, 0.3) is 0 Å². The number of carbonyl (C=O) groups excluding carboxylic acids is 4. The van der Waals surface area contributed by atoms with Gasteiger partial charge in [-0.1, -0.05) is 83.4 Å². The van der Waals surface area contributed by atoms with Crippen LogP contribution in [0.3, 0.4) is 0 Å². The molecule has 2 fully saturated rings. The van der Waals surface area contributed by atoms with Crippen molar-refractivity contribution in [2.45, 2.75) is 103 Å². The molecule has 4 heterocycles. The zero-order valence-corrected chi connectivity index (χ0v) is 36.9. The van der Waals surface area contributed by atoms with E-state index in [0.29, 0.717) is 19.6 Å². The summed E-state index contributed by atoms with van der Waals surface area (Å²) in [6.07, 6.45) is 5.44. The molecule has 332 valence electrons. The van der Waals surface area contributed by atoms with Gasteiger partial charge in [0, 0.05) is 24.2 Å². The van der Waals surface area contributed by atoms with Crippen molar-refractivity contribution in [1.29, 1.82) is 0 Å². The number of fused-ring (bicyclic) bond motifs is 4. The van der Waals surface area contributed by atoms with E-state index in [1.807, 2.05) is 38.7 Å². The predicted octanol–water partition coefficient (Wildman–Crippen LogP) is 7.92. The van der Waals surface area contributed by atoms with E-state index in [4.69, 9.17) is 24.2 Å². The highest BCUT2D eigenvalue weighted by Crippen LogP contribution is 2.42. The van der Waals surface area contributed by atoms with Crippen LogP contribution in [0, 0.1) is 11.8 Å². The number of imidazole rings is 2. The van der Waals surface area contributed by atoms with Gasteiger partial charge < -0.3 is 45.0 Å². The van der Waals surface area contributed by atoms with Crippen molar-refractivity contribution in [2.75, 3.05) is 27.4 Å². The third-order valence-electron chi connectivity index (χ3n) is 12.9. The van der Waals surface area contributed by atoms with E-state index in [9.17, 15) is 19.2 Å². The predicted molar refractivity (Wildman–Crippen MR) is 239 cm³/mol. The number of aromatic amines is 2. The van der Waals surface area contributed by atoms with Crippen LogP contribution in [0.1, 0.15) is 96.0 Å².